The van der Waals surface area contributed by atoms with Crippen LogP contribution >= 0.6 is 15.9 Å². The summed E-state index contributed by atoms with van der Waals surface area (Å²) in [4.78, 5) is 0. The van der Waals surface area contributed by atoms with Crippen molar-refractivity contribution in [1.29, 1.82) is 5.41 Å². The molecule has 0 heterocycles. The highest BCUT2D eigenvalue weighted by Crippen LogP contribution is 2.23. The lowest BCUT2D eigenvalue weighted by atomic mass is 10.1. The van der Waals surface area contributed by atoms with Crippen LogP contribution in [0.4, 0.5) is 0 Å². The predicted octanol–water partition coefficient (Wildman–Crippen LogP) is 2.93. The number of benzene rings is 1. The molecule has 0 aliphatic carbocycles. The Morgan fingerprint density at radius 3 is 2.61 bits per heavy atom. The van der Waals surface area contributed by atoms with E-state index in [0.717, 1.165) is 16.6 Å². The molecule has 1 aromatic carbocycles. The Bertz CT molecular complexity index is 433. The smallest absolute Gasteiger partial charge is 0.123 e. The SMILES string of the molecule is COC(C)(C)CCOc1ccc(C(=N)N)c(Br)c1. The molecule has 0 saturated carbocycles. The summed E-state index contributed by atoms with van der Waals surface area (Å²) in [5.74, 6) is 0.785. The average molecular weight is 315 g/mol. The topological polar surface area (TPSA) is 68.3 Å². The molecule has 1 aromatic rings. The third-order valence-corrected chi connectivity index (χ3v) is 3.41. The van der Waals surface area contributed by atoms with E-state index < -0.39 is 0 Å². The minimum Gasteiger partial charge on any atom is -0.493 e. The molecule has 0 amide bonds. The highest BCUT2D eigenvalue weighted by atomic mass is 79.9. The van der Waals surface area contributed by atoms with Crippen molar-refractivity contribution in [2.75, 3.05) is 13.7 Å². The van der Waals surface area contributed by atoms with Crippen LogP contribution in [-0.4, -0.2) is 25.2 Å². The van der Waals surface area contributed by atoms with Crippen LogP contribution < -0.4 is 10.5 Å². The maximum Gasteiger partial charge on any atom is 0.123 e. The fourth-order valence-electron chi connectivity index (χ4n) is 1.32. The van der Waals surface area contributed by atoms with Gasteiger partial charge in [-0.3, -0.25) is 5.41 Å². The molecule has 18 heavy (non-hydrogen) atoms. The molecule has 0 radical (unpaired) electrons. The van der Waals surface area contributed by atoms with Crippen LogP contribution in [0, 0.1) is 5.41 Å². The molecule has 3 N–H and O–H groups in total. The van der Waals surface area contributed by atoms with E-state index in [1.165, 1.54) is 0 Å². The second kappa shape index (κ2) is 6.20. The van der Waals surface area contributed by atoms with Crippen molar-refractivity contribution in [2.24, 2.45) is 5.73 Å². The lowest BCUT2D eigenvalue weighted by molar-refractivity contribution is 0.00545. The van der Waals surface area contributed by atoms with Crippen LogP contribution in [0.5, 0.6) is 5.75 Å². The third-order valence-electron chi connectivity index (χ3n) is 2.76. The van der Waals surface area contributed by atoms with E-state index in [2.05, 4.69) is 15.9 Å². The van der Waals surface area contributed by atoms with Crippen LogP contribution in [-0.2, 0) is 4.74 Å². The number of nitrogens with two attached hydrogens (primary N) is 1. The Labute approximate surface area is 116 Å². The van der Waals surface area contributed by atoms with Crippen LogP contribution in [0.1, 0.15) is 25.8 Å². The number of ether oxygens (including phenoxy) is 2. The highest BCUT2D eigenvalue weighted by Gasteiger charge is 2.16. The quantitative estimate of drug-likeness (QED) is 0.626. The van der Waals surface area contributed by atoms with Crippen LogP contribution in [0.2, 0.25) is 0 Å². The number of amidine groups is 1. The van der Waals surface area contributed by atoms with E-state index in [1.807, 2.05) is 19.9 Å². The van der Waals surface area contributed by atoms with Crippen molar-refractivity contribution in [2.45, 2.75) is 25.9 Å². The summed E-state index contributed by atoms with van der Waals surface area (Å²) in [6.07, 6.45) is 0.801. The number of rotatable bonds is 6. The van der Waals surface area contributed by atoms with E-state index in [0.29, 0.717) is 12.2 Å². The Kier molecular flexibility index (Phi) is 5.16. The van der Waals surface area contributed by atoms with Crippen LogP contribution in [0.3, 0.4) is 0 Å². The van der Waals surface area contributed by atoms with Gasteiger partial charge in [0.15, 0.2) is 0 Å². The van der Waals surface area contributed by atoms with E-state index in [4.69, 9.17) is 20.6 Å². The number of nitrogens with one attached hydrogen (secondary N) is 1. The second-order valence-electron chi connectivity index (χ2n) is 4.62. The van der Waals surface area contributed by atoms with Gasteiger partial charge in [0.2, 0.25) is 0 Å². The van der Waals surface area contributed by atoms with E-state index >= 15 is 0 Å². The molecule has 0 atom stereocenters. The molecule has 0 fully saturated rings. The Balaban J connectivity index is 2.59. The van der Waals surface area contributed by atoms with Gasteiger partial charge in [-0.15, -0.1) is 0 Å². The molecular weight excluding hydrogens is 296 g/mol. The summed E-state index contributed by atoms with van der Waals surface area (Å²) in [6.45, 7) is 4.61. The Morgan fingerprint density at radius 1 is 1.44 bits per heavy atom. The Morgan fingerprint density at radius 2 is 2.11 bits per heavy atom. The molecule has 0 spiro atoms. The fourth-order valence-corrected chi connectivity index (χ4v) is 1.89. The zero-order valence-corrected chi connectivity index (χ0v) is 12.5. The van der Waals surface area contributed by atoms with Gasteiger partial charge in [-0.25, -0.2) is 0 Å². The lowest BCUT2D eigenvalue weighted by Gasteiger charge is -2.22. The summed E-state index contributed by atoms with van der Waals surface area (Å²) in [7, 11) is 1.69. The molecular formula is C13H19BrN2O2. The van der Waals surface area contributed by atoms with Crippen molar-refractivity contribution in [3.05, 3.63) is 28.2 Å². The monoisotopic (exact) mass is 314 g/mol. The molecule has 4 nitrogen and oxygen atoms in total. The molecule has 0 unspecified atom stereocenters. The summed E-state index contributed by atoms with van der Waals surface area (Å²) in [5, 5.41) is 7.38. The highest BCUT2D eigenvalue weighted by molar-refractivity contribution is 9.10. The first-order valence-corrected chi connectivity index (χ1v) is 6.47. The van der Waals surface area contributed by atoms with Gasteiger partial charge in [0.1, 0.15) is 11.6 Å². The van der Waals surface area contributed by atoms with Crippen LogP contribution in [0.25, 0.3) is 0 Å². The molecule has 5 heteroatoms. The molecule has 0 bridgehead atoms. The van der Waals surface area contributed by atoms with Gasteiger partial charge < -0.3 is 15.2 Å². The number of halogens is 1. The normalized spacial score (nSPS) is 11.3. The second-order valence-corrected chi connectivity index (χ2v) is 5.47. The molecule has 100 valence electrons. The zero-order chi connectivity index (χ0) is 13.8. The first-order chi connectivity index (χ1) is 8.35. The van der Waals surface area contributed by atoms with E-state index in [9.17, 15) is 0 Å². The van der Waals surface area contributed by atoms with Crippen molar-refractivity contribution in [3.8, 4) is 5.75 Å². The maximum absolute atomic E-state index is 7.38. The van der Waals surface area contributed by atoms with Gasteiger partial charge in [0.25, 0.3) is 0 Å². The van der Waals surface area contributed by atoms with Gasteiger partial charge in [0.05, 0.1) is 12.2 Å². The van der Waals surface area contributed by atoms with Crippen molar-refractivity contribution >= 4 is 21.8 Å². The number of methoxy groups -OCH3 is 1. The first kappa shape index (κ1) is 15.0. The molecule has 0 aliphatic heterocycles. The average Bonchev–Trinajstić information content (AvgIpc) is 2.28. The maximum atomic E-state index is 7.38. The predicted molar refractivity (Wildman–Crippen MR) is 76.4 cm³/mol. The first-order valence-electron chi connectivity index (χ1n) is 5.67. The minimum atomic E-state index is -0.184. The summed E-state index contributed by atoms with van der Waals surface area (Å²) in [5.41, 5.74) is 5.92. The largest absolute Gasteiger partial charge is 0.493 e. The summed E-state index contributed by atoms with van der Waals surface area (Å²) in [6, 6.07) is 5.39. The van der Waals surface area contributed by atoms with Crippen molar-refractivity contribution < 1.29 is 9.47 Å². The standard InChI is InChI=1S/C13H19BrN2O2/c1-13(2,17-3)6-7-18-9-4-5-10(12(15)16)11(14)8-9/h4-5,8H,6-7H2,1-3H3,(H3,15,16). The van der Waals surface area contributed by atoms with Gasteiger partial charge in [-0.1, -0.05) is 0 Å². The fraction of sp³-hybridized carbons (Fsp3) is 0.462. The number of hydrogen-bond donors (Lipinski definition) is 2. The zero-order valence-electron chi connectivity index (χ0n) is 10.9. The molecule has 0 saturated heterocycles. The van der Waals surface area contributed by atoms with Crippen molar-refractivity contribution in [3.63, 3.8) is 0 Å². The van der Waals surface area contributed by atoms with Gasteiger partial charge >= 0.3 is 0 Å². The van der Waals surface area contributed by atoms with Crippen LogP contribution in [0.15, 0.2) is 22.7 Å². The summed E-state index contributed by atoms with van der Waals surface area (Å²) >= 11 is 3.37. The van der Waals surface area contributed by atoms with Gasteiger partial charge in [-0.2, -0.15) is 0 Å². The van der Waals surface area contributed by atoms with E-state index in [1.54, 1.807) is 19.2 Å². The van der Waals surface area contributed by atoms with Gasteiger partial charge in [0, 0.05) is 23.6 Å². The molecule has 0 aliphatic rings. The number of hydrogen-bond acceptors (Lipinski definition) is 3. The van der Waals surface area contributed by atoms with Crippen molar-refractivity contribution in [1.82, 2.24) is 0 Å². The summed E-state index contributed by atoms with van der Waals surface area (Å²) < 4.78 is 11.7. The number of nitrogen functional groups attached to an aromatic ring is 1. The molecule has 1 rings (SSSR count). The van der Waals surface area contributed by atoms with Gasteiger partial charge in [-0.05, 0) is 48.0 Å². The minimum absolute atomic E-state index is 0.0361. The lowest BCUT2D eigenvalue weighted by Crippen LogP contribution is -2.25. The Hall–Kier alpha value is -1.07. The molecule has 0 aromatic heterocycles. The third kappa shape index (κ3) is 4.31. The van der Waals surface area contributed by atoms with E-state index in [-0.39, 0.29) is 11.4 Å².